The summed E-state index contributed by atoms with van der Waals surface area (Å²) >= 11 is 0. The average Bonchev–Trinajstić information content (AvgIpc) is 3.33. The molecule has 0 saturated carbocycles. The molecule has 1 N–H and O–H groups in total. The molecular weight excluding hydrogens is 372 g/mol. The minimum absolute atomic E-state index is 0.109. The maximum absolute atomic E-state index is 12.3. The van der Waals surface area contributed by atoms with Crippen LogP contribution in [0.25, 0.3) is 0 Å². The van der Waals surface area contributed by atoms with Crippen molar-refractivity contribution in [3.63, 3.8) is 0 Å². The van der Waals surface area contributed by atoms with Crippen LogP contribution >= 0.6 is 0 Å². The summed E-state index contributed by atoms with van der Waals surface area (Å²) in [5.74, 6) is 0.637. The van der Waals surface area contributed by atoms with Crippen LogP contribution in [0.1, 0.15) is 26.6 Å². The number of nitrogens with zero attached hydrogens (tertiary/aromatic N) is 5. The van der Waals surface area contributed by atoms with Gasteiger partial charge in [-0.1, -0.05) is 0 Å². The van der Waals surface area contributed by atoms with Gasteiger partial charge in [-0.15, -0.1) is 0 Å². The molecule has 0 bridgehead atoms. The van der Waals surface area contributed by atoms with Gasteiger partial charge >= 0.3 is 0 Å². The highest BCUT2D eigenvalue weighted by atomic mass is 16.3. The zero-order valence-electron chi connectivity index (χ0n) is 15.7. The number of amides is 2. The number of carbonyl (C=O) groups is 2. The molecule has 1 aliphatic heterocycles. The van der Waals surface area contributed by atoms with E-state index in [9.17, 15) is 9.59 Å². The first-order chi connectivity index (χ1) is 14.2. The van der Waals surface area contributed by atoms with Crippen molar-refractivity contribution in [2.75, 3.05) is 31.1 Å². The van der Waals surface area contributed by atoms with E-state index in [2.05, 4.69) is 20.3 Å². The maximum atomic E-state index is 12.3. The van der Waals surface area contributed by atoms with Crippen LogP contribution in [-0.2, 0) is 6.54 Å². The van der Waals surface area contributed by atoms with Gasteiger partial charge in [-0.2, -0.15) is 0 Å². The lowest BCUT2D eigenvalue weighted by molar-refractivity contribution is 0.0714. The predicted molar refractivity (Wildman–Crippen MR) is 104 cm³/mol. The molecule has 0 aliphatic carbocycles. The Morgan fingerprint density at radius 1 is 1.03 bits per heavy atom. The Balaban J connectivity index is 1.30. The topological polar surface area (TPSA) is 104 Å². The van der Waals surface area contributed by atoms with E-state index >= 15 is 0 Å². The fourth-order valence-electron chi connectivity index (χ4n) is 3.07. The first-order valence-electron chi connectivity index (χ1n) is 9.27. The Morgan fingerprint density at radius 2 is 1.83 bits per heavy atom. The monoisotopic (exact) mass is 392 g/mol. The van der Waals surface area contributed by atoms with Crippen LogP contribution in [0.3, 0.4) is 0 Å². The highest BCUT2D eigenvalue weighted by Crippen LogP contribution is 2.14. The number of rotatable bonds is 5. The van der Waals surface area contributed by atoms with Gasteiger partial charge in [0.15, 0.2) is 5.76 Å². The highest BCUT2D eigenvalue weighted by Gasteiger charge is 2.24. The Kier molecular flexibility index (Phi) is 5.46. The lowest BCUT2D eigenvalue weighted by Crippen LogP contribution is -2.49. The van der Waals surface area contributed by atoms with Crippen LogP contribution in [0, 0.1) is 0 Å². The predicted octanol–water partition coefficient (Wildman–Crippen LogP) is 1.36. The van der Waals surface area contributed by atoms with Gasteiger partial charge < -0.3 is 19.5 Å². The summed E-state index contributed by atoms with van der Waals surface area (Å²) in [6, 6.07) is 7.04. The second-order valence-corrected chi connectivity index (χ2v) is 6.55. The number of piperazine rings is 1. The Hall–Kier alpha value is -3.75. The second kappa shape index (κ2) is 8.51. The van der Waals surface area contributed by atoms with Gasteiger partial charge in [0.2, 0.25) is 0 Å². The minimum atomic E-state index is -0.283. The SMILES string of the molecule is O=C(NCc1ccncc1)c1cnc(N2CCN(C(=O)c3ccco3)CC2)cn1. The van der Waals surface area contributed by atoms with E-state index in [4.69, 9.17) is 4.42 Å². The van der Waals surface area contributed by atoms with Crippen LogP contribution in [0.5, 0.6) is 0 Å². The number of pyridine rings is 1. The van der Waals surface area contributed by atoms with Crippen molar-refractivity contribution < 1.29 is 14.0 Å². The Morgan fingerprint density at radius 3 is 2.48 bits per heavy atom. The lowest BCUT2D eigenvalue weighted by Gasteiger charge is -2.34. The van der Waals surface area contributed by atoms with Gasteiger partial charge in [-0.05, 0) is 29.8 Å². The fourth-order valence-corrected chi connectivity index (χ4v) is 3.07. The Bertz CT molecular complexity index is 952. The largest absolute Gasteiger partial charge is 0.459 e. The molecule has 0 atom stereocenters. The van der Waals surface area contributed by atoms with Crippen molar-refractivity contribution in [3.8, 4) is 0 Å². The first kappa shape index (κ1) is 18.6. The van der Waals surface area contributed by atoms with Gasteiger partial charge in [0.25, 0.3) is 11.8 Å². The Labute approximate surface area is 167 Å². The molecule has 0 unspecified atom stereocenters. The lowest BCUT2D eigenvalue weighted by atomic mass is 10.2. The molecule has 2 amide bonds. The molecule has 1 fully saturated rings. The molecule has 0 radical (unpaired) electrons. The zero-order chi connectivity index (χ0) is 20.1. The van der Waals surface area contributed by atoms with Gasteiger partial charge in [-0.3, -0.25) is 14.6 Å². The third kappa shape index (κ3) is 4.40. The van der Waals surface area contributed by atoms with E-state index in [0.29, 0.717) is 44.3 Å². The molecule has 9 heteroatoms. The van der Waals surface area contributed by atoms with Crippen molar-refractivity contribution in [1.82, 2.24) is 25.2 Å². The van der Waals surface area contributed by atoms with Crippen molar-refractivity contribution in [2.24, 2.45) is 0 Å². The van der Waals surface area contributed by atoms with Crippen molar-refractivity contribution in [3.05, 3.63) is 72.3 Å². The molecule has 148 valence electrons. The summed E-state index contributed by atoms with van der Waals surface area (Å²) < 4.78 is 5.18. The highest BCUT2D eigenvalue weighted by molar-refractivity contribution is 5.92. The molecular formula is C20H20N6O3. The third-order valence-electron chi connectivity index (χ3n) is 4.70. The van der Waals surface area contributed by atoms with Crippen LogP contribution in [0.4, 0.5) is 5.82 Å². The van der Waals surface area contributed by atoms with E-state index in [-0.39, 0.29) is 17.5 Å². The summed E-state index contributed by atoms with van der Waals surface area (Å²) in [6.45, 7) is 2.80. The summed E-state index contributed by atoms with van der Waals surface area (Å²) in [7, 11) is 0. The number of aromatic nitrogens is 3. The minimum Gasteiger partial charge on any atom is -0.459 e. The van der Waals surface area contributed by atoms with Crippen LogP contribution in [0.2, 0.25) is 0 Å². The van der Waals surface area contributed by atoms with E-state index in [0.717, 1.165) is 5.56 Å². The molecule has 9 nitrogen and oxygen atoms in total. The van der Waals surface area contributed by atoms with Gasteiger partial charge in [0.05, 0.1) is 18.7 Å². The van der Waals surface area contributed by atoms with Crippen molar-refractivity contribution >= 4 is 17.6 Å². The molecule has 0 aromatic carbocycles. The number of hydrogen-bond donors (Lipinski definition) is 1. The normalized spacial score (nSPS) is 13.9. The molecule has 1 aliphatic rings. The number of hydrogen-bond acceptors (Lipinski definition) is 7. The zero-order valence-corrected chi connectivity index (χ0v) is 15.7. The average molecular weight is 392 g/mol. The molecule has 3 aromatic heterocycles. The number of furan rings is 1. The second-order valence-electron chi connectivity index (χ2n) is 6.55. The summed E-state index contributed by atoms with van der Waals surface area (Å²) in [5, 5.41) is 2.81. The van der Waals surface area contributed by atoms with Gasteiger partial charge in [0.1, 0.15) is 11.5 Å². The number of carbonyl (C=O) groups excluding carboxylic acids is 2. The van der Waals surface area contributed by atoms with Crippen LogP contribution in [0.15, 0.2) is 59.7 Å². The number of nitrogens with one attached hydrogen (secondary N) is 1. The van der Waals surface area contributed by atoms with Gasteiger partial charge in [-0.25, -0.2) is 9.97 Å². The van der Waals surface area contributed by atoms with Crippen LogP contribution < -0.4 is 10.2 Å². The van der Waals surface area contributed by atoms with Crippen molar-refractivity contribution in [1.29, 1.82) is 0 Å². The van der Waals surface area contributed by atoms with Gasteiger partial charge in [0, 0.05) is 45.1 Å². The summed E-state index contributed by atoms with van der Waals surface area (Å²) in [6.07, 6.45) is 7.91. The summed E-state index contributed by atoms with van der Waals surface area (Å²) in [4.78, 5) is 40.9. The van der Waals surface area contributed by atoms with Crippen LogP contribution in [-0.4, -0.2) is 57.8 Å². The molecule has 0 spiro atoms. The van der Waals surface area contributed by atoms with E-state index in [1.807, 2.05) is 17.0 Å². The van der Waals surface area contributed by atoms with E-state index < -0.39 is 0 Å². The molecule has 1 saturated heterocycles. The first-order valence-corrected chi connectivity index (χ1v) is 9.27. The molecule has 3 aromatic rings. The van der Waals surface area contributed by atoms with Crippen molar-refractivity contribution in [2.45, 2.75) is 6.54 Å². The fraction of sp³-hybridized carbons (Fsp3) is 0.250. The molecule has 4 heterocycles. The standard InChI is InChI=1S/C20H20N6O3/c27-19(24-12-15-3-5-21-6-4-15)16-13-23-18(14-22-16)25-7-9-26(10-8-25)20(28)17-2-1-11-29-17/h1-6,11,13-14H,7-10,12H2,(H,24,27). The van der Waals surface area contributed by atoms with E-state index in [1.165, 1.54) is 12.5 Å². The quantitative estimate of drug-likeness (QED) is 0.699. The number of anilines is 1. The smallest absolute Gasteiger partial charge is 0.289 e. The summed E-state index contributed by atoms with van der Waals surface area (Å²) in [5.41, 5.74) is 1.22. The molecule has 4 rings (SSSR count). The maximum Gasteiger partial charge on any atom is 0.289 e. The third-order valence-corrected chi connectivity index (χ3v) is 4.70. The molecule has 29 heavy (non-hydrogen) atoms. The van der Waals surface area contributed by atoms with E-state index in [1.54, 1.807) is 35.6 Å².